The summed E-state index contributed by atoms with van der Waals surface area (Å²) in [5.41, 5.74) is 2.09. The first-order valence-corrected chi connectivity index (χ1v) is 7.93. The third-order valence-electron chi connectivity index (χ3n) is 4.34. The second kappa shape index (κ2) is 7.70. The monoisotopic (exact) mass is 276 g/mol. The van der Waals surface area contributed by atoms with Crippen molar-refractivity contribution in [3.8, 4) is 0 Å². The van der Waals surface area contributed by atoms with E-state index in [9.17, 15) is 0 Å². The van der Waals surface area contributed by atoms with Crippen molar-refractivity contribution in [2.24, 2.45) is 0 Å². The fraction of sp³-hybridized carbons (Fsp3) is 0.750. The summed E-state index contributed by atoms with van der Waals surface area (Å²) in [5.74, 6) is 0. The van der Waals surface area contributed by atoms with Crippen LogP contribution in [-0.4, -0.2) is 40.5 Å². The lowest BCUT2D eigenvalue weighted by Gasteiger charge is -2.33. The van der Waals surface area contributed by atoms with E-state index in [4.69, 9.17) is 0 Å². The highest BCUT2D eigenvalue weighted by molar-refractivity contribution is 5.12. The molecule has 1 N–H and O–H groups in total. The van der Waals surface area contributed by atoms with Gasteiger partial charge in [0.15, 0.2) is 0 Å². The molecule has 0 spiro atoms. The lowest BCUT2D eigenvalue weighted by Crippen LogP contribution is -2.39. The van der Waals surface area contributed by atoms with E-state index in [2.05, 4.69) is 34.0 Å². The van der Waals surface area contributed by atoms with Crippen molar-refractivity contribution in [2.45, 2.75) is 58.5 Å². The third kappa shape index (κ3) is 4.25. The van der Waals surface area contributed by atoms with Crippen LogP contribution in [0.15, 0.2) is 12.4 Å². The van der Waals surface area contributed by atoms with Gasteiger partial charge in [0, 0.05) is 24.5 Å². The molecule has 0 aromatic carbocycles. The summed E-state index contributed by atoms with van der Waals surface area (Å²) >= 11 is 0. The molecule has 0 aliphatic carbocycles. The smallest absolute Gasteiger partial charge is 0.0782 e. The molecule has 20 heavy (non-hydrogen) atoms. The van der Waals surface area contributed by atoms with Crippen LogP contribution >= 0.6 is 0 Å². The Morgan fingerprint density at radius 1 is 1.35 bits per heavy atom. The van der Waals surface area contributed by atoms with Gasteiger partial charge >= 0.3 is 0 Å². The van der Waals surface area contributed by atoms with Crippen molar-refractivity contribution < 1.29 is 0 Å². The molecule has 4 heteroatoms. The first-order chi connectivity index (χ1) is 9.68. The Morgan fingerprint density at radius 3 is 2.90 bits per heavy atom. The summed E-state index contributed by atoms with van der Waals surface area (Å²) in [6.07, 6.45) is 8.86. The number of piperidine rings is 1. The van der Waals surface area contributed by atoms with Gasteiger partial charge in [-0.1, -0.05) is 6.42 Å². The molecule has 2 unspecified atom stereocenters. The minimum Gasteiger partial charge on any atom is -0.309 e. The Labute approximate surface area is 123 Å². The molecule has 1 aliphatic rings. The summed E-state index contributed by atoms with van der Waals surface area (Å²) in [4.78, 5) is 11.4. The largest absolute Gasteiger partial charge is 0.309 e. The maximum absolute atomic E-state index is 4.42. The quantitative estimate of drug-likeness (QED) is 0.811. The zero-order valence-corrected chi connectivity index (χ0v) is 13.1. The van der Waals surface area contributed by atoms with Crippen molar-refractivity contribution in [3.63, 3.8) is 0 Å². The zero-order valence-electron chi connectivity index (χ0n) is 13.1. The fourth-order valence-electron chi connectivity index (χ4n) is 3.03. The topological polar surface area (TPSA) is 41.1 Å². The standard InChI is InChI=1S/C16H28N4/c1-13-7-4-5-11-20(13)12-6-8-17-14(2)16-15(3)18-9-10-19-16/h9-10,13-14,17H,4-8,11-12H2,1-3H3. The lowest BCUT2D eigenvalue weighted by molar-refractivity contribution is 0.158. The predicted octanol–water partition coefficient (Wildman–Crippen LogP) is 2.70. The van der Waals surface area contributed by atoms with E-state index in [0.29, 0.717) is 0 Å². The molecule has 1 fully saturated rings. The first-order valence-electron chi connectivity index (χ1n) is 7.93. The minimum absolute atomic E-state index is 0.280. The second-order valence-corrected chi connectivity index (χ2v) is 5.94. The van der Waals surface area contributed by atoms with Crippen molar-refractivity contribution in [1.82, 2.24) is 20.2 Å². The Bertz CT molecular complexity index is 407. The second-order valence-electron chi connectivity index (χ2n) is 5.94. The summed E-state index contributed by atoms with van der Waals surface area (Å²) in [7, 11) is 0. The molecular formula is C16H28N4. The molecule has 0 radical (unpaired) electrons. The Morgan fingerprint density at radius 2 is 2.15 bits per heavy atom. The molecule has 0 saturated carbocycles. The molecule has 1 aromatic rings. The Balaban J connectivity index is 1.69. The third-order valence-corrected chi connectivity index (χ3v) is 4.34. The molecule has 2 heterocycles. The van der Waals surface area contributed by atoms with Gasteiger partial charge in [-0.3, -0.25) is 9.97 Å². The molecule has 112 valence electrons. The Kier molecular flexibility index (Phi) is 5.92. The first kappa shape index (κ1) is 15.4. The number of nitrogens with zero attached hydrogens (tertiary/aromatic N) is 3. The molecule has 2 rings (SSSR count). The fourth-order valence-corrected chi connectivity index (χ4v) is 3.03. The number of nitrogens with one attached hydrogen (secondary N) is 1. The molecule has 1 saturated heterocycles. The van der Waals surface area contributed by atoms with Crippen LogP contribution in [0.1, 0.15) is 57.0 Å². The van der Waals surface area contributed by atoms with E-state index in [1.807, 2.05) is 6.92 Å². The number of likely N-dealkylation sites (tertiary alicyclic amines) is 1. The maximum atomic E-state index is 4.42. The van der Waals surface area contributed by atoms with Crippen LogP contribution in [0.25, 0.3) is 0 Å². The minimum atomic E-state index is 0.280. The highest BCUT2D eigenvalue weighted by Gasteiger charge is 2.17. The summed E-state index contributed by atoms with van der Waals surface area (Å²) in [6, 6.07) is 1.05. The van der Waals surface area contributed by atoms with E-state index in [-0.39, 0.29) is 6.04 Å². The average molecular weight is 276 g/mol. The summed E-state index contributed by atoms with van der Waals surface area (Å²) in [5, 5.41) is 3.56. The molecule has 1 aliphatic heterocycles. The van der Waals surface area contributed by atoms with E-state index in [0.717, 1.165) is 24.0 Å². The van der Waals surface area contributed by atoms with Gasteiger partial charge in [-0.25, -0.2) is 0 Å². The van der Waals surface area contributed by atoms with Gasteiger partial charge in [0.1, 0.15) is 0 Å². The van der Waals surface area contributed by atoms with Crippen molar-refractivity contribution in [1.29, 1.82) is 0 Å². The molecule has 2 atom stereocenters. The molecule has 0 bridgehead atoms. The highest BCUT2D eigenvalue weighted by atomic mass is 15.2. The predicted molar refractivity (Wildman–Crippen MR) is 82.7 cm³/mol. The van der Waals surface area contributed by atoms with Crippen LogP contribution in [0.4, 0.5) is 0 Å². The summed E-state index contributed by atoms with van der Waals surface area (Å²) < 4.78 is 0. The van der Waals surface area contributed by atoms with Crippen LogP contribution in [-0.2, 0) is 0 Å². The van der Waals surface area contributed by atoms with Crippen LogP contribution in [0.3, 0.4) is 0 Å². The van der Waals surface area contributed by atoms with Crippen molar-refractivity contribution in [3.05, 3.63) is 23.8 Å². The van der Waals surface area contributed by atoms with Crippen molar-refractivity contribution in [2.75, 3.05) is 19.6 Å². The molecule has 4 nitrogen and oxygen atoms in total. The van der Waals surface area contributed by atoms with Crippen LogP contribution in [0.2, 0.25) is 0 Å². The average Bonchev–Trinajstić information content (AvgIpc) is 2.45. The number of aryl methyl sites for hydroxylation is 1. The van der Waals surface area contributed by atoms with Crippen molar-refractivity contribution >= 4 is 0 Å². The van der Waals surface area contributed by atoms with E-state index in [1.54, 1.807) is 12.4 Å². The van der Waals surface area contributed by atoms with E-state index in [1.165, 1.54) is 38.8 Å². The SMILES string of the molecule is Cc1nccnc1C(C)NCCCN1CCCCC1C. The van der Waals surface area contributed by atoms with Crippen LogP contribution < -0.4 is 5.32 Å². The molecule has 1 aromatic heterocycles. The van der Waals surface area contributed by atoms with Crippen LogP contribution in [0.5, 0.6) is 0 Å². The van der Waals surface area contributed by atoms with Gasteiger partial charge in [-0.05, 0) is 59.7 Å². The van der Waals surface area contributed by atoms with Gasteiger partial charge in [-0.15, -0.1) is 0 Å². The normalized spacial score (nSPS) is 21.9. The lowest BCUT2D eigenvalue weighted by atomic mass is 10.0. The van der Waals surface area contributed by atoms with Gasteiger partial charge in [0.05, 0.1) is 11.4 Å². The number of hydrogen-bond acceptors (Lipinski definition) is 4. The highest BCUT2D eigenvalue weighted by Crippen LogP contribution is 2.16. The van der Waals surface area contributed by atoms with Crippen LogP contribution in [0, 0.1) is 6.92 Å². The van der Waals surface area contributed by atoms with Gasteiger partial charge < -0.3 is 10.2 Å². The molecule has 0 amide bonds. The molecular weight excluding hydrogens is 248 g/mol. The number of aromatic nitrogens is 2. The maximum Gasteiger partial charge on any atom is 0.0782 e. The van der Waals surface area contributed by atoms with Gasteiger partial charge in [0.2, 0.25) is 0 Å². The van der Waals surface area contributed by atoms with Gasteiger partial charge in [-0.2, -0.15) is 0 Å². The number of hydrogen-bond donors (Lipinski definition) is 1. The number of rotatable bonds is 6. The summed E-state index contributed by atoms with van der Waals surface area (Å²) in [6.45, 7) is 10.1. The zero-order chi connectivity index (χ0) is 14.4. The van der Waals surface area contributed by atoms with Gasteiger partial charge in [0.25, 0.3) is 0 Å². The Hall–Kier alpha value is -1.00. The van der Waals surface area contributed by atoms with E-state index < -0.39 is 0 Å². The van der Waals surface area contributed by atoms with E-state index >= 15 is 0 Å².